The third-order valence-corrected chi connectivity index (χ3v) is 4.18. The summed E-state index contributed by atoms with van der Waals surface area (Å²) in [6.07, 6.45) is 1.94. The van der Waals surface area contributed by atoms with E-state index in [4.69, 9.17) is 9.47 Å². The molecule has 2 atom stereocenters. The van der Waals surface area contributed by atoms with Crippen molar-refractivity contribution in [3.63, 3.8) is 0 Å². The number of rotatable bonds is 8. The number of benzene rings is 1. The highest BCUT2D eigenvalue weighted by Gasteiger charge is 2.51. The number of hydrogen-bond donors (Lipinski definition) is 0. The van der Waals surface area contributed by atoms with Crippen LogP contribution in [0.15, 0.2) is 30.3 Å². The van der Waals surface area contributed by atoms with Crippen LogP contribution >= 0.6 is 11.8 Å². The second kappa shape index (κ2) is 8.20. The predicted octanol–water partition coefficient (Wildman–Crippen LogP) is 2.95. The van der Waals surface area contributed by atoms with Gasteiger partial charge in [-0.2, -0.15) is 0 Å². The van der Waals surface area contributed by atoms with E-state index in [2.05, 4.69) is 6.92 Å². The third kappa shape index (κ3) is 5.17. The Morgan fingerprint density at radius 1 is 1.19 bits per heavy atom. The second-order valence-electron chi connectivity index (χ2n) is 4.95. The Morgan fingerprint density at radius 3 is 2.67 bits per heavy atom. The molecule has 1 aromatic rings. The van der Waals surface area contributed by atoms with Gasteiger partial charge in [0, 0.05) is 5.75 Å². The topological polar surface area (TPSA) is 55.9 Å². The molecule has 0 bridgehead atoms. The SMILES string of the molecule is CCCCCSC(=O)C1OC1C(=O)OCc1ccccc1. The standard InChI is InChI=1S/C16H20O4S/c1-2-3-7-10-21-16(18)14-13(20-14)15(17)19-11-12-8-5-4-6-9-12/h4-6,8-9,13-14H,2-3,7,10-11H2,1H3. The van der Waals surface area contributed by atoms with Crippen molar-refractivity contribution in [2.45, 2.75) is 45.0 Å². The zero-order valence-corrected chi connectivity index (χ0v) is 12.9. The molecule has 0 amide bonds. The summed E-state index contributed by atoms with van der Waals surface area (Å²) in [6.45, 7) is 2.33. The van der Waals surface area contributed by atoms with Gasteiger partial charge in [0.05, 0.1) is 0 Å². The molecule has 0 N–H and O–H groups in total. The fourth-order valence-electron chi connectivity index (χ4n) is 1.89. The van der Waals surface area contributed by atoms with Crippen molar-refractivity contribution < 1.29 is 19.1 Å². The van der Waals surface area contributed by atoms with E-state index in [1.807, 2.05) is 30.3 Å². The van der Waals surface area contributed by atoms with Gasteiger partial charge < -0.3 is 9.47 Å². The molecule has 1 aliphatic rings. The van der Waals surface area contributed by atoms with Gasteiger partial charge in [-0.05, 0) is 12.0 Å². The molecule has 0 aliphatic carbocycles. The molecular weight excluding hydrogens is 288 g/mol. The number of esters is 1. The highest BCUT2D eigenvalue weighted by Crippen LogP contribution is 2.29. The minimum atomic E-state index is -0.708. The third-order valence-electron chi connectivity index (χ3n) is 3.17. The Bertz CT molecular complexity index is 474. The molecule has 1 saturated heterocycles. The molecule has 2 unspecified atom stereocenters. The molecule has 0 saturated carbocycles. The zero-order valence-electron chi connectivity index (χ0n) is 12.1. The summed E-state index contributed by atoms with van der Waals surface area (Å²) in [5.41, 5.74) is 0.920. The molecular formula is C16H20O4S. The van der Waals surface area contributed by atoms with E-state index in [1.54, 1.807) is 0 Å². The van der Waals surface area contributed by atoms with Gasteiger partial charge in [-0.25, -0.2) is 4.79 Å². The smallest absolute Gasteiger partial charge is 0.338 e. The lowest BCUT2D eigenvalue weighted by Gasteiger charge is -2.02. The van der Waals surface area contributed by atoms with Crippen molar-refractivity contribution in [3.8, 4) is 0 Å². The lowest BCUT2D eigenvalue weighted by molar-refractivity contribution is -0.146. The Balaban J connectivity index is 1.65. The maximum Gasteiger partial charge on any atom is 0.338 e. The summed E-state index contributed by atoms with van der Waals surface area (Å²) in [5.74, 6) is 0.338. The maximum atomic E-state index is 11.8. The van der Waals surface area contributed by atoms with E-state index >= 15 is 0 Å². The van der Waals surface area contributed by atoms with Crippen LogP contribution in [-0.4, -0.2) is 29.0 Å². The summed E-state index contributed by atoms with van der Waals surface area (Å²) in [5, 5.41) is -0.0623. The first kappa shape index (κ1) is 16.0. The molecule has 0 aromatic heterocycles. The van der Waals surface area contributed by atoms with Crippen LogP contribution < -0.4 is 0 Å². The van der Waals surface area contributed by atoms with E-state index in [-0.39, 0.29) is 11.7 Å². The molecule has 1 aliphatic heterocycles. The van der Waals surface area contributed by atoms with Gasteiger partial charge in [0.2, 0.25) is 5.12 Å². The number of ether oxygens (including phenoxy) is 2. The van der Waals surface area contributed by atoms with E-state index in [9.17, 15) is 9.59 Å². The molecule has 5 heteroatoms. The highest BCUT2D eigenvalue weighted by molar-refractivity contribution is 8.13. The largest absolute Gasteiger partial charge is 0.459 e. The monoisotopic (exact) mass is 308 g/mol. The van der Waals surface area contributed by atoms with Crippen molar-refractivity contribution in [2.24, 2.45) is 0 Å². The fraction of sp³-hybridized carbons (Fsp3) is 0.500. The van der Waals surface area contributed by atoms with Crippen LogP contribution in [0.1, 0.15) is 31.7 Å². The highest BCUT2D eigenvalue weighted by atomic mass is 32.2. The quantitative estimate of drug-likeness (QED) is 0.420. The van der Waals surface area contributed by atoms with Gasteiger partial charge in [-0.3, -0.25) is 4.79 Å². The first-order valence-electron chi connectivity index (χ1n) is 7.25. The molecule has 114 valence electrons. The van der Waals surface area contributed by atoms with E-state index in [1.165, 1.54) is 11.8 Å². The van der Waals surface area contributed by atoms with Crippen molar-refractivity contribution in [1.82, 2.24) is 0 Å². The number of carbonyl (C=O) groups excluding carboxylic acids is 2. The molecule has 2 rings (SSSR count). The zero-order chi connectivity index (χ0) is 15.1. The Morgan fingerprint density at radius 2 is 1.95 bits per heavy atom. The number of hydrogen-bond acceptors (Lipinski definition) is 5. The predicted molar refractivity (Wildman–Crippen MR) is 81.9 cm³/mol. The van der Waals surface area contributed by atoms with Gasteiger partial charge in [-0.1, -0.05) is 61.9 Å². The second-order valence-corrected chi connectivity index (χ2v) is 6.04. The van der Waals surface area contributed by atoms with Crippen molar-refractivity contribution in [3.05, 3.63) is 35.9 Å². The lowest BCUT2D eigenvalue weighted by atomic mass is 10.2. The minimum absolute atomic E-state index is 0.0623. The number of epoxide rings is 1. The van der Waals surface area contributed by atoms with Crippen LogP contribution in [0.4, 0.5) is 0 Å². The van der Waals surface area contributed by atoms with Crippen LogP contribution in [0.3, 0.4) is 0 Å². The average Bonchev–Trinajstić information content (AvgIpc) is 3.31. The number of unbranched alkanes of at least 4 members (excludes halogenated alkanes) is 2. The van der Waals surface area contributed by atoms with Crippen LogP contribution in [-0.2, 0) is 25.7 Å². The molecule has 0 radical (unpaired) electrons. The van der Waals surface area contributed by atoms with Crippen molar-refractivity contribution >= 4 is 22.8 Å². The summed E-state index contributed by atoms with van der Waals surface area (Å²) in [4.78, 5) is 23.5. The van der Waals surface area contributed by atoms with Gasteiger partial charge in [0.1, 0.15) is 6.61 Å². The Kier molecular flexibility index (Phi) is 6.26. The van der Waals surface area contributed by atoms with Gasteiger partial charge in [0.15, 0.2) is 12.2 Å². The van der Waals surface area contributed by atoms with Crippen LogP contribution in [0.5, 0.6) is 0 Å². The van der Waals surface area contributed by atoms with Gasteiger partial charge in [0.25, 0.3) is 0 Å². The van der Waals surface area contributed by atoms with Gasteiger partial charge in [-0.15, -0.1) is 0 Å². The normalized spacial score (nSPS) is 20.0. The Hall–Kier alpha value is -1.33. The van der Waals surface area contributed by atoms with E-state index < -0.39 is 18.2 Å². The van der Waals surface area contributed by atoms with E-state index in [0.717, 1.165) is 30.6 Å². The van der Waals surface area contributed by atoms with Crippen LogP contribution in [0.2, 0.25) is 0 Å². The molecule has 1 aromatic carbocycles. The van der Waals surface area contributed by atoms with Crippen LogP contribution in [0, 0.1) is 0 Å². The lowest BCUT2D eigenvalue weighted by Crippen LogP contribution is -2.17. The molecule has 0 spiro atoms. The molecule has 4 nitrogen and oxygen atoms in total. The summed E-state index contributed by atoms with van der Waals surface area (Å²) in [6, 6.07) is 9.44. The fourth-order valence-corrected chi connectivity index (χ4v) is 2.78. The average molecular weight is 308 g/mol. The van der Waals surface area contributed by atoms with Crippen molar-refractivity contribution in [1.29, 1.82) is 0 Å². The number of thioether (sulfide) groups is 1. The number of carbonyl (C=O) groups is 2. The molecule has 1 heterocycles. The molecule has 21 heavy (non-hydrogen) atoms. The van der Waals surface area contributed by atoms with Crippen molar-refractivity contribution in [2.75, 3.05) is 5.75 Å². The maximum absolute atomic E-state index is 11.8. The first-order valence-corrected chi connectivity index (χ1v) is 8.23. The summed E-state index contributed by atoms with van der Waals surface area (Å²) >= 11 is 1.25. The van der Waals surface area contributed by atoms with Crippen LogP contribution in [0.25, 0.3) is 0 Å². The molecule has 1 fully saturated rings. The Labute approximate surface area is 129 Å². The minimum Gasteiger partial charge on any atom is -0.459 e. The first-order chi connectivity index (χ1) is 10.2. The van der Waals surface area contributed by atoms with E-state index in [0.29, 0.717) is 0 Å². The summed E-state index contributed by atoms with van der Waals surface area (Å²) in [7, 11) is 0. The summed E-state index contributed by atoms with van der Waals surface area (Å²) < 4.78 is 10.3. The van der Waals surface area contributed by atoms with Gasteiger partial charge >= 0.3 is 5.97 Å².